The summed E-state index contributed by atoms with van der Waals surface area (Å²) in [5, 5.41) is 0. The Kier molecular flexibility index (Phi) is 4.95. The number of carbonyl (C=O) groups excluding carboxylic acids is 1. The van der Waals surface area contributed by atoms with Gasteiger partial charge in [0.05, 0.1) is 6.54 Å². The molecule has 1 atom stereocenters. The summed E-state index contributed by atoms with van der Waals surface area (Å²) in [5.41, 5.74) is 14.1. The molecule has 0 heterocycles. The molecule has 4 heteroatoms. The average molecular weight is 283 g/mol. The first-order chi connectivity index (χ1) is 10.1. The van der Waals surface area contributed by atoms with E-state index < -0.39 is 0 Å². The molecule has 0 saturated heterocycles. The molecular formula is C17H21N3O. The standard InChI is InChI=1S/C17H21N3O/c1-13(15-5-3-2-4-6-15)20(12-17(19)21)11-14-7-9-16(18)10-8-14/h2-10,13H,11-12,18H2,1H3,(H2,19,21). The van der Waals surface area contributed by atoms with E-state index in [0.29, 0.717) is 6.54 Å². The maximum absolute atomic E-state index is 11.4. The van der Waals surface area contributed by atoms with Crippen molar-refractivity contribution in [3.63, 3.8) is 0 Å². The van der Waals surface area contributed by atoms with Crippen molar-refractivity contribution in [2.45, 2.75) is 19.5 Å². The zero-order valence-corrected chi connectivity index (χ0v) is 12.2. The molecular weight excluding hydrogens is 262 g/mol. The van der Waals surface area contributed by atoms with E-state index in [4.69, 9.17) is 11.5 Å². The zero-order chi connectivity index (χ0) is 15.2. The molecule has 0 spiro atoms. The molecule has 0 aromatic heterocycles. The molecule has 21 heavy (non-hydrogen) atoms. The fourth-order valence-electron chi connectivity index (χ4n) is 2.33. The van der Waals surface area contributed by atoms with Gasteiger partial charge in [0.2, 0.25) is 5.91 Å². The van der Waals surface area contributed by atoms with E-state index >= 15 is 0 Å². The molecule has 2 rings (SSSR count). The summed E-state index contributed by atoms with van der Waals surface area (Å²) in [5.74, 6) is -0.326. The lowest BCUT2D eigenvalue weighted by Crippen LogP contribution is -2.35. The minimum Gasteiger partial charge on any atom is -0.399 e. The van der Waals surface area contributed by atoms with Crippen LogP contribution in [0.15, 0.2) is 54.6 Å². The Bertz CT molecular complexity index is 581. The van der Waals surface area contributed by atoms with Gasteiger partial charge in [-0.05, 0) is 30.2 Å². The van der Waals surface area contributed by atoms with Crippen molar-refractivity contribution < 1.29 is 4.79 Å². The summed E-state index contributed by atoms with van der Waals surface area (Å²) in [6.45, 7) is 2.95. The van der Waals surface area contributed by atoms with Crippen LogP contribution in [-0.4, -0.2) is 17.4 Å². The Morgan fingerprint density at radius 2 is 1.71 bits per heavy atom. The normalized spacial score (nSPS) is 12.3. The van der Waals surface area contributed by atoms with Crippen LogP contribution in [-0.2, 0) is 11.3 Å². The summed E-state index contributed by atoms with van der Waals surface area (Å²) in [6, 6.07) is 17.9. The quantitative estimate of drug-likeness (QED) is 0.799. The van der Waals surface area contributed by atoms with Crippen LogP contribution in [0.4, 0.5) is 5.69 Å². The van der Waals surface area contributed by atoms with E-state index in [-0.39, 0.29) is 18.5 Å². The van der Waals surface area contributed by atoms with Crippen molar-refractivity contribution in [1.29, 1.82) is 0 Å². The molecule has 1 amide bonds. The first-order valence-corrected chi connectivity index (χ1v) is 6.98. The van der Waals surface area contributed by atoms with Crippen LogP contribution in [0.1, 0.15) is 24.1 Å². The minimum atomic E-state index is -0.326. The van der Waals surface area contributed by atoms with Crippen molar-refractivity contribution in [3.8, 4) is 0 Å². The Balaban J connectivity index is 2.17. The zero-order valence-electron chi connectivity index (χ0n) is 12.2. The largest absolute Gasteiger partial charge is 0.399 e. The number of carbonyl (C=O) groups is 1. The third-order valence-corrected chi connectivity index (χ3v) is 3.55. The van der Waals surface area contributed by atoms with Crippen LogP contribution in [0, 0.1) is 0 Å². The number of nitrogen functional groups attached to an aromatic ring is 1. The summed E-state index contributed by atoms with van der Waals surface area (Å²) in [4.78, 5) is 13.4. The van der Waals surface area contributed by atoms with Gasteiger partial charge in [-0.25, -0.2) is 0 Å². The van der Waals surface area contributed by atoms with Gasteiger partial charge >= 0.3 is 0 Å². The molecule has 0 fully saturated rings. The first-order valence-electron chi connectivity index (χ1n) is 6.98. The number of hydrogen-bond acceptors (Lipinski definition) is 3. The monoisotopic (exact) mass is 283 g/mol. The van der Waals surface area contributed by atoms with Crippen molar-refractivity contribution in [2.24, 2.45) is 5.73 Å². The molecule has 0 aliphatic rings. The smallest absolute Gasteiger partial charge is 0.231 e. The van der Waals surface area contributed by atoms with Gasteiger partial charge in [-0.1, -0.05) is 42.5 Å². The molecule has 4 N–H and O–H groups in total. The van der Waals surface area contributed by atoms with Gasteiger partial charge in [0.15, 0.2) is 0 Å². The van der Waals surface area contributed by atoms with Crippen molar-refractivity contribution >= 4 is 11.6 Å². The molecule has 1 unspecified atom stereocenters. The number of nitrogens with zero attached hydrogens (tertiary/aromatic N) is 1. The van der Waals surface area contributed by atoms with Crippen LogP contribution in [0.3, 0.4) is 0 Å². The van der Waals surface area contributed by atoms with Gasteiger partial charge in [-0.2, -0.15) is 0 Å². The maximum Gasteiger partial charge on any atom is 0.231 e. The highest BCUT2D eigenvalue weighted by Gasteiger charge is 2.17. The van der Waals surface area contributed by atoms with Gasteiger partial charge in [0.1, 0.15) is 0 Å². The molecule has 0 bridgehead atoms. The fourth-order valence-corrected chi connectivity index (χ4v) is 2.33. The van der Waals surface area contributed by atoms with E-state index in [1.165, 1.54) is 0 Å². The van der Waals surface area contributed by atoms with Gasteiger partial charge < -0.3 is 11.5 Å². The molecule has 2 aromatic rings. The van der Waals surface area contributed by atoms with Crippen LogP contribution in [0.2, 0.25) is 0 Å². The summed E-state index contributed by atoms with van der Waals surface area (Å²) >= 11 is 0. The van der Waals surface area contributed by atoms with E-state index in [1.54, 1.807) is 0 Å². The van der Waals surface area contributed by atoms with Crippen molar-refractivity contribution in [2.75, 3.05) is 12.3 Å². The van der Waals surface area contributed by atoms with Crippen LogP contribution >= 0.6 is 0 Å². The number of anilines is 1. The molecule has 0 saturated carbocycles. The maximum atomic E-state index is 11.4. The van der Waals surface area contributed by atoms with E-state index in [0.717, 1.165) is 16.8 Å². The summed E-state index contributed by atoms with van der Waals surface area (Å²) < 4.78 is 0. The molecule has 2 aromatic carbocycles. The van der Waals surface area contributed by atoms with Gasteiger partial charge in [0, 0.05) is 18.3 Å². The number of nitrogens with two attached hydrogens (primary N) is 2. The molecule has 0 aliphatic heterocycles. The minimum absolute atomic E-state index is 0.108. The summed E-state index contributed by atoms with van der Waals surface area (Å²) in [6.07, 6.45) is 0. The fraction of sp³-hybridized carbons (Fsp3) is 0.235. The van der Waals surface area contributed by atoms with E-state index in [9.17, 15) is 4.79 Å². The molecule has 4 nitrogen and oxygen atoms in total. The lowest BCUT2D eigenvalue weighted by atomic mass is 10.1. The van der Waals surface area contributed by atoms with Gasteiger partial charge in [-0.3, -0.25) is 9.69 Å². The van der Waals surface area contributed by atoms with Crippen LogP contribution in [0.5, 0.6) is 0 Å². The molecule has 110 valence electrons. The number of benzene rings is 2. The molecule has 0 radical (unpaired) electrons. The van der Waals surface area contributed by atoms with Crippen LogP contribution < -0.4 is 11.5 Å². The van der Waals surface area contributed by atoms with E-state index in [1.807, 2.05) is 42.5 Å². The number of hydrogen-bond donors (Lipinski definition) is 2. The van der Waals surface area contributed by atoms with Crippen molar-refractivity contribution in [1.82, 2.24) is 4.90 Å². The average Bonchev–Trinajstić information content (AvgIpc) is 2.48. The van der Waals surface area contributed by atoms with Gasteiger partial charge in [-0.15, -0.1) is 0 Å². The third-order valence-electron chi connectivity index (χ3n) is 3.55. The lowest BCUT2D eigenvalue weighted by Gasteiger charge is -2.28. The lowest BCUT2D eigenvalue weighted by molar-refractivity contribution is -0.119. The Morgan fingerprint density at radius 1 is 1.10 bits per heavy atom. The second-order valence-corrected chi connectivity index (χ2v) is 5.20. The highest BCUT2D eigenvalue weighted by Crippen LogP contribution is 2.22. The van der Waals surface area contributed by atoms with Gasteiger partial charge in [0.25, 0.3) is 0 Å². The Morgan fingerprint density at radius 3 is 2.29 bits per heavy atom. The SMILES string of the molecule is CC(c1ccccc1)N(CC(N)=O)Cc1ccc(N)cc1. The van der Waals surface area contributed by atoms with E-state index in [2.05, 4.69) is 24.0 Å². The van der Waals surface area contributed by atoms with Crippen molar-refractivity contribution in [3.05, 3.63) is 65.7 Å². The third kappa shape index (κ3) is 4.33. The topological polar surface area (TPSA) is 72.3 Å². The number of primary amides is 1. The molecule has 0 aliphatic carbocycles. The predicted molar refractivity (Wildman–Crippen MR) is 85.3 cm³/mol. The summed E-state index contributed by atoms with van der Waals surface area (Å²) in [7, 11) is 0. The number of rotatable bonds is 6. The highest BCUT2D eigenvalue weighted by molar-refractivity contribution is 5.76. The first kappa shape index (κ1) is 15.1. The Hall–Kier alpha value is -2.33. The Labute approximate surface area is 125 Å². The number of amides is 1. The van der Waals surface area contributed by atoms with Crippen LogP contribution in [0.25, 0.3) is 0 Å². The predicted octanol–water partition coefficient (Wildman–Crippen LogP) is 2.32. The second-order valence-electron chi connectivity index (χ2n) is 5.20. The second kappa shape index (κ2) is 6.90. The highest BCUT2D eigenvalue weighted by atomic mass is 16.1.